The first-order valence-electron chi connectivity index (χ1n) is 8.90. The summed E-state index contributed by atoms with van der Waals surface area (Å²) in [4.78, 5) is 7.62. The highest BCUT2D eigenvalue weighted by atomic mass is 127. The fourth-order valence-corrected chi connectivity index (χ4v) is 3.02. The molecule has 0 unspecified atom stereocenters. The molecule has 2 aromatic carbocycles. The number of rotatable bonds is 7. The average Bonchev–Trinajstić information content (AvgIpc) is 3.08. The first kappa shape index (κ1) is 20.3. The Morgan fingerprint density at radius 1 is 0.923 bits per heavy atom. The van der Waals surface area contributed by atoms with Crippen molar-refractivity contribution in [2.24, 2.45) is 4.99 Å². The number of nitrogens with one attached hydrogen (secondary N) is 3. The van der Waals surface area contributed by atoms with Gasteiger partial charge in [-0.25, -0.2) is 0 Å². The molecular weight excluding hydrogens is 435 g/mol. The third-order valence-electron chi connectivity index (χ3n) is 4.36. The van der Waals surface area contributed by atoms with Crippen molar-refractivity contribution in [1.82, 2.24) is 15.6 Å². The van der Waals surface area contributed by atoms with Crippen LogP contribution in [0.2, 0.25) is 0 Å². The lowest BCUT2D eigenvalue weighted by Gasteiger charge is -2.11. The highest BCUT2D eigenvalue weighted by molar-refractivity contribution is 14.0. The van der Waals surface area contributed by atoms with E-state index >= 15 is 0 Å². The van der Waals surface area contributed by atoms with Gasteiger partial charge in [-0.2, -0.15) is 0 Å². The number of benzene rings is 2. The third-order valence-corrected chi connectivity index (χ3v) is 4.36. The number of para-hydroxylation sites is 1. The van der Waals surface area contributed by atoms with E-state index in [2.05, 4.69) is 81.4 Å². The molecule has 138 valence electrons. The van der Waals surface area contributed by atoms with E-state index in [1.165, 1.54) is 22.0 Å². The Morgan fingerprint density at radius 2 is 1.65 bits per heavy atom. The van der Waals surface area contributed by atoms with Crippen LogP contribution in [-0.4, -0.2) is 31.1 Å². The highest BCUT2D eigenvalue weighted by Crippen LogP contribution is 2.17. The first-order chi connectivity index (χ1) is 12.4. The molecule has 0 atom stereocenters. The summed E-state index contributed by atoms with van der Waals surface area (Å²) in [5.74, 6) is 0.868. The van der Waals surface area contributed by atoms with Crippen molar-refractivity contribution in [2.45, 2.75) is 19.3 Å². The summed E-state index contributed by atoms with van der Waals surface area (Å²) in [5.41, 5.74) is 3.91. The molecule has 3 N–H and O–H groups in total. The summed E-state index contributed by atoms with van der Waals surface area (Å²) < 4.78 is 0. The molecule has 5 heteroatoms. The van der Waals surface area contributed by atoms with Crippen LogP contribution in [0.3, 0.4) is 0 Å². The van der Waals surface area contributed by atoms with Gasteiger partial charge in [0.25, 0.3) is 0 Å². The zero-order valence-corrected chi connectivity index (χ0v) is 17.5. The zero-order valence-electron chi connectivity index (χ0n) is 15.2. The second kappa shape index (κ2) is 10.9. The maximum absolute atomic E-state index is 4.30. The van der Waals surface area contributed by atoms with Gasteiger partial charge in [0.1, 0.15) is 0 Å². The molecule has 0 saturated heterocycles. The van der Waals surface area contributed by atoms with Crippen LogP contribution in [-0.2, 0) is 12.8 Å². The fraction of sp³-hybridized carbons (Fsp3) is 0.286. The molecule has 0 amide bonds. The van der Waals surface area contributed by atoms with E-state index in [0.717, 1.165) is 38.3 Å². The standard InChI is InChI=1S/C21H26N4.HI/c1-22-21(23-14-7-10-17-8-3-2-4-9-17)24-15-13-18-16-25-20-12-6-5-11-19(18)20;/h2-6,8-9,11-12,16,25H,7,10,13-15H2,1H3,(H2,22,23,24);1H. The van der Waals surface area contributed by atoms with Gasteiger partial charge >= 0.3 is 0 Å². The second-order valence-corrected chi connectivity index (χ2v) is 6.12. The van der Waals surface area contributed by atoms with Crippen LogP contribution in [0.4, 0.5) is 0 Å². The molecule has 3 rings (SSSR count). The van der Waals surface area contributed by atoms with E-state index in [1.807, 2.05) is 7.05 Å². The third kappa shape index (κ3) is 5.76. The summed E-state index contributed by atoms with van der Waals surface area (Å²) in [7, 11) is 1.82. The number of halogens is 1. The largest absolute Gasteiger partial charge is 0.361 e. The van der Waals surface area contributed by atoms with Gasteiger partial charge in [0.15, 0.2) is 5.96 Å². The number of hydrogen-bond acceptors (Lipinski definition) is 1. The van der Waals surface area contributed by atoms with Crippen LogP contribution in [0.25, 0.3) is 10.9 Å². The van der Waals surface area contributed by atoms with Crippen LogP contribution in [0.5, 0.6) is 0 Å². The normalized spacial score (nSPS) is 11.2. The number of aryl methyl sites for hydroxylation is 1. The smallest absolute Gasteiger partial charge is 0.190 e. The molecule has 0 fully saturated rings. The first-order valence-corrected chi connectivity index (χ1v) is 8.90. The maximum atomic E-state index is 4.30. The lowest BCUT2D eigenvalue weighted by Crippen LogP contribution is -2.38. The fourth-order valence-electron chi connectivity index (χ4n) is 3.02. The molecule has 0 spiro atoms. The van der Waals surface area contributed by atoms with E-state index < -0.39 is 0 Å². The van der Waals surface area contributed by atoms with Crippen LogP contribution in [0, 0.1) is 0 Å². The topological polar surface area (TPSA) is 52.2 Å². The Balaban J connectivity index is 0.00000243. The van der Waals surface area contributed by atoms with Crippen molar-refractivity contribution < 1.29 is 0 Å². The molecule has 26 heavy (non-hydrogen) atoms. The predicted octanol–water partition coefficient (Wildman–Crippen LogP) is 4.13. The van der Waals surface area contributed by atoms with Crippen molar-refractivity contribution in [3.05, 3.63) is 71.9 Å². The monoisotopic (exact) mass is 462 g/mol. The molecule has 1 aromatic heterocycles. The second-order valence-electron chi connectivity index (χ2n) is 6.12. The summed E-state index contributed by atoms with van der Waals surface area (Å²) in [6.07, 6.45) is 5.24. The molecule has 0 aliphatic rings. The van der Waals surface area contributed by atoms with Crippen molar-refractivity contribution in [1.29, 1.82) is 0 Å². The minimum Gasteiger partial charge on any atom is -0.361 e. The van der Waals surface area contributed by atoms with Crippen molar-refractivity contribution in [2.75, 3.05) is 20.1 Å². The van der Waals surface area contributed by atoms with Crippen LogP contribution >= 0.6 is 24.0 Å². The van der Waals surface area contributed by atoms with Gasteiger partial charge in [-0.3, -0.25) is 4.99 Å². The van der Waals surface area contributed by atoms with E-state index in [4.69, 9.17) is 0 Å². The van der Waals surface area contributed by atoms with E-state index in [9.17, 15) is 0 Å². The number of fused-ring (bicyclic) bond motifs is 1. The summed E-state index contributed by atoms with van der Waals surface area (Å²) in [5, 5.41) is 8.09. The highest BCUT2D eigenvalue weighted by Gasteiger charge is 2.03. The van der Waals surface area contributed by atoms with E-state index in [1.54, 1.807) is 0 Å². The zero-order chi connectivity index (χ0) is 17.3. The van der Waals surface area contributed by atoms with Gasteiger partial charge in [0, 0.05) is 37.2 Å². The van der Waals surface area contributed by atoms with Crippen molar-refractivity contribution >= 4 is 40.8 Å². The minimum atomic E-state index is 0. The Morgan fingerprint density at radius 3 is 2.46 bits per heavy atom. The van der Waals surface area contributed by atoms with E-state index in [0.29, 0.717) is 0 Å². The van der Waals surface area contributed by atoms with Gasteiger partial charge in [0.05, 0.1) is 0 Å². The number of nitrogens with zero attached hydrogens (tertiary/aromatic N) is 1. The Bertz CT molecular complexity index is 811. The molecule has 0 bridgehead atoms. The summed E-state index contributed by atoms with van der Waals surface area (Å²) in [6.45, 7) is 1.78. The van der Waals surface area contributed by atoms with Gasteiger partial charge in [-0.05, 0) is 36.5 Å². The number of guanidine groups is 1. The molecular formula is C21H27IN4. The number of aromatic nitrogens is 1. The quantitative estimate of drug-likeness (QED) is 0.214. The van der Waals surface area contributed by atoms with Gasteiger partial charge < -0.3 is 15.6 Å². The Kier molecular flexibility index (Phi) is 8.47. The van der Waals surface area contributed by atoms with Gasteiger partial charge in [-0.15, -0.1) is 24.0 Å². The van der Waals surface area contributed by atoms with Crippen molar-refractivity contribution in [3.63, 3.8) is 0 Å². The predicted molar refractivity (Wildman–Crippen MR) is 122 cm³/mol. The lowest BCUT2D eigenvalue weighted by atomic mass is 10.1. The molecule has 0 aliphatic heterocycles. The van der Waals surface area contributed by atoms with E-state index in [-0.39, 0.29) is 24.0 Å². The summed E-state index contributed by atoms with van der Waals surface area (Å²) in [6, 6.07) is 19.0. The number of aliphatic imine (C=N–C) groups is 1. The average molecular weight is 462 g/mol. The number of hydrogen-bond donors (Lipinski definition) is 3. The van der Waals surface area contributed by atoms with Gasteiger partial charge in [-0.1, -0.05) is 48.5 Å². The Labute approximate surface area is 172 Å². The van der Waals surface area contributed by atoms with Crippen LogP contribution in [0.1, 0.15) is 17.5 Å². The number of H-pyrrole nitrogens is 1. The van der Waals surface area contributed by atoms with Crippen LogP contribution < -0.4 is 10.6 Å². The molecule has 0 radical (unpaired) electrons. The van der Waals surface area contributed by atoms with Crippen molar-refractivity contribution in [3.8, 4) is 0 Å². The molecule has 1 heterocycles. The number of aromatic amines is 1. The Hall–Kier alpha value is -2.02. The SMILES string of the molecule is CN=C(NCCCc1ccccc1)NCCc1c[nH]c2ccccc12.I. The summed E-state index contributed by atoms with van der Waals surface area (Å²) >= 11 is 0. The molecule has 0 saturated carbocycles. The molecule has 3 aromatic rings. The molecule has 0 aliphatic carbocycles. The van der Waals surface area contributed by atoms with Crippen LogP contribution in [0.15, 0.2) is 65.8 Å². The van der Waals surface area contributed by atoms with Gasteiger partial charge in [0.2, 0.25) is 0 Å². The lowest BCUT2D eigenvalue weighted by molar-refractivity contribution is 0.739. The minimum absolute atomic E-state index is 0. The molecule has 4 nitrogen and oxygen atoms in total. The maximum Gasteiger partial charge on any atom is 0.190 e.